The maximum atomic E-state index is 11.7. The van der Waals surface area contributed by atoms with Gasteiger partial charge in [0.25, 0.3) is 0 Å². The monoisotopic (exact) mass is 348 g/mol. The van der Waals surface area contributed by atoms with Crippen LogP contribution >= 0.6 is 0 Å². The molecule has 0 bridgehead atoms. The average molecular weight is 348 g/mol. The van der Waals surface area contributed by atoms with Crippen molar-refractivity contribution in [2.75, 3.05) is 11.5 Å². The van der Waals surface area contributed by atoms with Crippen LogP contribution in [0.25, 0.3) is 22.3 Å². The highest BCUT2D eigenvalue weighted by Crippen LogP contribution is 2.34. The molecule has 0 aliphatic rings. The fraction of sp³-hybridized carbons (Fsp3) is 0. The van der Waals surface area contributed by atoms with Crippen LogP contribution < -0.4 is 11.5 Å². The van der Waals surface area contributed by atoms with Gasteiger partial charge in [0.2, 0.25) is 0 Å². The van der Waals surface area contributed by atoms with Gasteiger partial charge in [-0.25, -0.2) is 9.59 Å². The third kappa shape index (κ3) is 3.21. The van der Waals surface area contributed by atoms with E-state index in [9.17, 15) is 19.8 Å². The van der Waals surface area contributed by atoms with Gasteiger partial charge >= 0.3 is 11.9 Å². The number of benzene rings is 3. The second-order valence-electron chi connectivity index (χ2n) is 5.80. The molecule has 3 aromatic carbocycles. The first-order valence-corrected chi connectivity index (χ1v) is 7.73. The first-order chi connectivity index (χ1) is 12.4. The maximum absolute atomic E-state index is 11.7. The van der Waals surface area contributed by atoms with Gasteiger partial charge < -0.3 is 21.7 Å². The molecule has 130 valence electrons. The summed E-state index contributed by atoms with van der Waals surface area (Å²) in [5.74, 6) is -2.44. The SMILES string of the molecule is Nc1cccc(-c2cc(-c3cccc(N)c3)c(C(=O)O)cc2C(=O)O)c1. The molecule has 0 radical (unpaired) electrons. The number of nitrogens with two attached hydrogens (primary N) is 2. The third-order valence-corrected chi connectivity index (χ3v) is 4.01. The minimum atomic E-state index is -1.22. The quantitative estimate of drug-likeness (QED) is 0.534. The number of hydrogen-bond acceptors (Lipinski definition) is 4. The van der Waals surface area contributed by atoms with E-state index >= 15 is 0 Å². The van der Waals surface area contributed by atoms with E-state index < -0.39 is 11.9 Å². The molecule has 0 fully saturated rings. The van der Waals surface area contributed by atoms with Gasteiger partial charge in [0.05, 0.1) is 11.1 Å². The Morgan fingerprint density at radius 2 is 1.08 bits per heavy atom. The summed E-state index contributed by atoms with van der Waals surface area (Å²) in [5, 5.41) is 19.1. The Labute approximate surface area is 149 Å². The summed E-state index contributed by atoms with van der Waals surface area (Å²) in [6, 6.07) is 16.3. The predicted octanol–water partition coefficient (Wildman–Crippen LogP) is 3.58. The van der Waals surface area contributed by atoms with Gasteiger partial charge in [-0.2, -0.15) is 0 Å². The zero-order valence-corrected chi connectivity index (χ0v) is 13.6. The van der Waals surface area contributed by atoms with Gasteiger partial charge in [-0.05, 0) is 58.7 Å². The first-order valence-electron chi connectivity index (χ1n) is 7.73. The number of rotatable bonds is 4. The molecule has 6 N–H and O–H groups in total. The Balaban J connectivity index is 2.35. The standard InChI is InChI=1S/C20H16N2O4/c21-13-5-1-3-11(7-13)15-9-16(12-4-2-6-14(22)8-12)18(20(25)26)10-17(15)19(23)24/h1-10H,21-22H2,(H,23,24)(H,25,26). The van der Waals surface area contributed by atoms with E-state index in [1.165, 1.54) is 6.07 Å². The van der Waals surface area contributed by atoms with Crippen molar-refractivity contribution >= 4 is 23.3 Å². The number of carbonyl (C=O) groups is 2. The summed E-state index contributed by atoms with van der Waals surface area (Å²) in [7, 11) is 0. The topological polar surface area (TPSA) is 127 Å². The van der Waals surface area contributed by atoms with E-state index in [4.69, 9.17) is 11.5 Å². The van der Waals surface area contributed by atoms with E-state index in [1.54, 1.807) is 54.6 Å². The second-order valence-corrected chi connectivity index (χ2v) is 5.80. The number of aromatic carboxylic acids is 2. The highest BCUT2D eigenvalue weighted by atomic mass is 16.4. The fourth-order valence-corrected chi connectivity index (χ4v) is 2.84. The van der Waals surface area contributed by atoms with Crippen molar-refractivity contribution in [2.24, 2.45) is 0 Å². The highest BCUT2D eigenvalue weighted by Gasteiger charge is 2.20. The summed E-state index contributed by atoms with van der Waals surface area (Å²) in [6.45, 7) is 0. The molecule has 0 saturated carbocycles. The van der Waals surface area contributed by atoms with E-state index in [-0.39, 0.29) is 11.1 Å². The van der Waals surface area contributed by atoms with Gasteiger partial charge in [-0.15, -0.1) is 0 Å². The molecule has 6 nitrogen and oxygen atoms in total. The molecule has 0 amide bonds. The number of nitrogen functional groups attached to an aromatic ring is 2. The van der Waals surface area contributed by atoms with Crippen molar-refractivity contribution < 1.29 is 19.8 Å². The molecule has 0 heterocycles. The lowest BCUT2D eigenvalue weighted by molar-refractivity contribution is 0.0696. The molecular weight excluding hydrogens is 332 g/mol. The van der Waals surface area contributed by atoms with Crippen LogP contribution in [0.2, 0.25) is 0 Å². The zero-order valence-electron chi connectivity index (χ0n) is 13.6. The largest absolute Gasteiger partial charge is 0.478 e. The average Bonchev–Trinajstić information content (AvgIpc) is 2.60. The Morgan fingerprint density at radius 3 is 1.42 bits per heavy atom. The maximum Gasteiger partial charge on any atom is 0.336 e. The summed E-state index contributed by atoms with van der Waals surface area (Å²) >= 11 is 0. The molecule has 0 aromatic heterocycles. The Bertz CT molecular complexity index is 949. The molecule has 26 heavy (non-hydrogen) atoms. The number of hydrogen-bond donors (Lipinski definition) is 4. The Morgan fingerprint density at radius 1 is 0.654 bits per heavy atom. The molecule has 3 aromatic rings. The van der Waals surface area contributed by atoms with Crippen molar-refractivity contribution in [3.05, 3.63) is 71.8 Å². The summed E-state index contributed by atoms with van der Waals surface area (Å²) < 4.78 is 0. The zero-order chi connectivity index (χ0) is 18.8. The molecular formula is C20H16N2O4. The van der Waals surface area contributed by atoms with Gasteiger partial charge in [0.1, 0.15) is 0 Å². The third-order valence-electron chi connectivity index (χ3n) is 4.01. The van der Waals surface area contributed by atoms with E-state index in [2.05, 4.69) is 0 Å². The number of anilines is 2. The van der Waals surface area contributed by atoms with Crippen LogP contribution in [0.3, 0.4) is 0 Å². The van der Waals surface area contributed by atoms with Crippen molar-refractivity contribution in [3.63, 3.8) is 0 Å². The van der Waals surface area contributed by atoms with E-state index in [0.29, 0.717) is 33.6 Å². The summed E-state index contributed by atoms with van der Waals surface area (Å²) in [5.41, 5.74) is 14.3. The molecule has 0 aliphatic heterocycles. The number of carboxylic acids is 2. The van der Waals surface area contributed by atoms with Gasteiger partial charge in [0, 0.05) is 11.4 Å². The predicted molar refractivity (Wildman–Crippen MR) is 100 cm³/mol. The van der Waals surface area contributed by atoms with Crippen LogP contribution in [-0.2, 0) is 0 Å². The van der Waals surface area contributed by atoms with E-state index in [1.807, 2.05) is 0 Å². The van der Waals surface area contributed by atoms with Crippen LogP contribution in [0.5, 0.6) is 0 Å². The van der Waals surface area contributed by atoms with E-state index in [0.717, 1.165) is 0 Å². The molecule has 6 heteroatoms. The van der Waals surface area contributed by atoms with Crippen LogP contribution in [0.15, 0.2) is 60.7 Å². The lowest BCUT2D eigenvalue weighted by Gasteiger charge is -2.14. The van der Waals surface area contributed by atoms with Crippen LogP contribution in [0.1, 0.15) is 20.7 Å². The summed E-state index contributed by atoms with van der Waals surface area (Å²) in [6.07, 6.45) is 0. The normalized spacial score (nSPS) is 10.5. The molecule has 3 rings (SSSR count). The fourth-order valence-electron chi connectivity index (χ4n) is 2.84. The molecule has 0 aliphatic carbocycles. The summed E-state index contributed by atoms with van der Waals surface area (Å²) in [4.78, 5) is 23.4. The Kier molecular flexibility index (Phi) is 4.33. The lowest BCUT2D eigenvalue weighted by atomic mass is 9.90. The van der Waals surface area contributed by atoms with Crippen molar-refractivity contribution in [2.45, 2.75) is 0 Å². The van der Waals surface area contributed by atoms with Gasteiger partial charge in [-0.3, -0.25) is 0 Å². The molecule has 0 spiro atoms. The first kappa shape index (κ1) is 17.0. The van der Waals surface area contributed by atoms with Crippen molar-refractivity contribution in [1.82, 2.24) is 0 Å². The van der Waals surface area contributed by atoms with Gasteiger partial charge in [-0.1, -0.05) is 24.3 Å². The van der Waals surface area contributed by atoms with Crippen molar-refractivity contribution in [3.8, 4) is 22.3 Å². The lowest BCUT2D eigenvalue weighted by Crippen LogP contribution is -2.07. The van der Waals surface area contributed by atoms with Crippen LogP contribution in [-0.4, -0.2) is 22.2 Å². The highest BCUT2D eigenvalue weighted by molar-refractivity contribution is 6.04. The van der Waals surface area contributed by atoms with Crippen molar-refractivity contribution in [1.29, 1.82) is 0 Å². The molecule has 0 saturated heterocycles. The molecule has 0 unspecified atom stereocenters. The second kappa shape index (κ2) is 6.60. The minimum absolute atomic E-state index is 0.111. The van der Waals surface area contributed by atoms with Crippen LogP contribution in [0.4, 0.5) is 11.4 Å². The minimum Gasteiger partial charge on any atom is -0.478 e. The number of carboxylic acid groups (broad SMARTS) is 2. The van der Waals surface area contributed by atoms with Gasteiger partial charge in [0.15, 0.2) is 0 Å². The van der Waals surface area contributed by atoms with Crippen LogP contribution in [0, 0.1) is 0 Å². The Hall–Kier alpha value is -3.80. The smallest absolute Gasteiger partial charge is 0.336 e. The molecule has 0 atom stereocenters.